The van der Waals surface area contributed by atoms with Crippen LogP contribution in [0, 0.1) is 0 Å². The van der Waals surface area contributed by atoms with Crippen molar-refractivity contribution in [3.05, 3.63) is 134 Å². The minimum Gasteiger partial charge on any atom is -0.545 e. The number of carbonyl (C=O) groups excluding carboxylic acids is 3. The molecule has 0 N–H and O–H groups in total. The lowest BCUT2D eigenvalue weighted by molar-refractivity contribution is -0.870. The van der Waals surface area contributed by atoms with Gasteiger partial charge in [0.2, 0.25) is 0 Å². The normalized spacial score (nSPS) is 13.4. The molecule has 0 aromatic rings. The number of hydrogen-bond donors (Lipinski definition) is 0. The number of ether oxygens (including phenoxy) is 4. The lowest BCUT2D eigenvalue weighted by atomic mass is 10.0. The SMILES string of the molecule is CC/C=C\C/C=C\C/C=C\C/C=C\C/C=C\C/C=C\C/C=C\C/C=C\C/C=C\C/C=C\C/C=C\CCCCCCCCCC(=O)OC(COC(=O)CCCCCCCCCCCCCCCCCCCCCCCCCCCCC)COC(OCC[N+](C)(C)C)C(=O)[O-]. The van der Waals surface area contributed by atoms with Crippen LogP contribution in [0.1, 0.15) is 322 Å². The van der Waals surface area contributed by atoms with Crippen molar-refractivity contribution >= 4 is 17.9 Å². The molecule has 0 fully saturated rings. The first-order valence-corrected chi connectivity index (χ1v) is 38.3. The molecule has 0 heterocycles. The highest BCUT2D eigenvalue weighted by Crippen LogP contribution is 2.18. The fourth-order valence-electron chi connectivity index (χ4n) is 10.6. The molecule has 2 atom stereocenters. The maximum Gasteiger partial charge on any atom is 0.306 e. The number of quaternary nitrogens is 1. The van der Waals surface area contributed by atoms with Crippen molar-refractivity contribution in [3.8, 4) is 0 Å². The largest absolute Gasteiger partial charge is 0.545 e. The van der Waals surface area contributed by atoms with Gasteiger partial charge in [0.25, 0.3) is 0 Å². The van der Waals surface area contributed by atoms with Crippen LogP contribution in [-0.2, 0) is 33.3 Å². The number of unbranched alkanes of at least 4 members (excludes halogenated alkanes) is 33. The number of hydrogen-bond acceptors (Lipinski definition) is 8. The monoisotopic (exact) mass is 1290 g/mol. The number of aliphatic carboxylic acids is 1. The van der Waals surface area contributed by atoms with E-state index in [1.165, 1.54) is 173 Å². The Balaban J connectivity index is 4.14. The van der Waals surface area contributed by atoms with Crippen molar-refractivity contribution in [2.24, 2.45) is 0 Å². The molecule has 9 heteroatoms. The summed E-state index contributed by atoms with van der Waals surface area (Å²) in [7, 11) is 5.93. The average Bonchev–Trinajstić information content (AvgIpc) is 3.38. The summed E-state index contributed by atoms with van der Waals surface area (Å²) in [5.41, 5.74) is 0. The number of esters is 2. The molecule has 532 valence electrons. The lowest BCUT2D eigenvalue weighted by Gasteiger charge is -2.26. The van der Waals surface area contributed by atoms with Gasteiger partial charge in [-0.3, -0.25) is 9.59 Å². The number of allylic oxidation sites excluding steroid dienone is 22. The summed E-state index contributed by atoms with van der Waals surface area (Å²) in [6.45, 7) is 4.65. The Kier molecular flexibility index (Phi) is 69.6. The van der Waals surface area contributed by atoms with E-state index in [4.69, 9.17) is 18.9 Å². The second kappa shape index (κ2) is 73.2. The molecule has 0 aliphatic carbocycles. The van der Waals surface area contributed by atoms with Gasteiger partial charge in [-0.15, -0.1) is 0 Å². The van der Waals surface area contributed by atoms with Gasteiger partial charge < -0.3 is 33.3 Å². The third-order valence-electron chi connectivity index (χ3n) is 16.4. The number of nitrogens with zero attached hydrogens (tertiary/aromatic N) is 1. The highest BCUT2D eigenvalue weighted by molar-refractivity contribution is 5.70. The molecular weight excluding hydrogens is 1150 g/mol. The van der Waals surface area contributed by atoms with Gasteiger partial charge >= 0.3 is 11.9 Å². The van der Waals surface area contributed by atoms with Crippen LogP contribution in [0.4, 0.5) is 0 Å². The van der Waals surface area contributed by atoms with Crippen molar-refractivity contribution in [2.45, 2.75) is 334 Å². The molecule has 0 rings (SSSR count). The zero-order chi connectivity index (χ0) is 67.5. The zero-order valence-corrected chi connectivity index (χ0v) is 60.8. The van der Waals surface area contributed by atoms with Crippen LogP contribution < -0.4 is 5.11 Å². The molecule has 0 bridgehead atoms. The Morgan fingerprint density at radius 1 is 0.333 bits per heavy atom. The summed E-state index contributed by atoms with van der Waals surface area (Å²) in [6.07, 6.45) is 103. The fourth-order valence-corrected chi connectivity index (χ4v) is 10.6. The first-order valence-electron chi connectivity index (χ1n) is 38.3. The molecule has 0 aliphatic heterocycles. The van der Waals surface area contributed by atoms with Crippen molar-refractivity contribution < 1.29 is 42.9 Å². The molecule has 2 unspecified atom stereocenters. The van der Waals surface area contributed by atoms with Gasteiger partial charge in [0, 0.05) is 12.8 Å². The highest BCUT2D eigenvalue weighted by Gasteiger charge is 2.22. The minimum atomic E-state index is -1.63. The van der Waals surface area contributed by atoms with Crippen LogP contribution in [0.2, 0.25) is 0 Å². The third-order valence-corrected chi connectivity index (χ3v) is 16.4. The number of carboxylic acid groups (broad SMARTS) is 1. The molecular formula is C84H143NO8. The summed E-state index contributed by atoms with van der Waals surface area (Å²) < 4.78 is 22.8. The maximum atomic E-state index is 13.0. The molecule has 0 aromatic heterocycles. The first kappa shape index (κ1) is 88.4. The van der Waals surface area contributed by atoms with Crippen molar-refractivity contribution in [2.75, 3.05) is 47.5 Å². The quantitative estimate of drug-likeness (QED) is 0.0195. The van der Waals surface area contributed by atoms with Crippen LogP contribution in [0.3, 0.4) is 0 Å². The molecule has 93 heavy (non-hydrogen) atoms. The molecule has 0 amide bonds. The molecule has 0 saturated heterocycles. The van der Waals surface area contributed by atoms with Crippen LogP contribution in [0.15, 0.2) is 134 Å². The first-order chi connectivity index (χ1) is 45.6. The van der Waals surface area contributed by atoms with Crippen molar-refractivity contribution in [1.82, 2.24) is 0 Å². The second-order valence-corrected chi connectivity index (χ2v) is 26.6. The smallest absolute Gasteiger partial charge is 0.306 e. The van der Waals surface area contributed by atoms with Gasteiger partial charge in [-0.25, -0.2) is 0 Å². The van der Waals surface area contributed by atoms with E-state index in [1.54, 1.807) is 0 Å². The van der Waals surface area contributed by atoms with Gasteiger partial charge in [-0.1, -0.05) is 347 Å². The van der Waals surface area contributed by atoms with E-state index in [9.17, 15) is 19.5 Å². The minimum absolute atomic E-state index is 0.141. The predicted octanol–water partition coefficient (Wildman–Crippen LogP) is 23.1. The number of rotatable bonds is 70. The number of carboxylic acids is 1. The summed E-state index contributed by atoms with van der Waals surface area (Å²) in [5.74, 6) is -2.29. The molecule has 0 aromatic carbocycles. The van der Waals surface area contributed by atoms with Crippen LogP contribution in [0.5, 0.6) is 0 Å². The summed E-state index contributed by atoms with van der Waals surface area (Å²) in [5, 5.41) is 11.8. The predicted molar refractivity (Wildman–Crippen MR) is 398 cm³/mol. The number of likely N-dealkylation sites (N-methyl/N-ethyl adjacent to an activating group) is 1. The Bertz CT molecular complexity index is 2000. The van der Waals surface area contributed by atoms with E-state index in [1.807, 2.05) is 21.1 Å². The van der Waals surface area contributed by atoms with Gasteiger partial charge in [-0.05, 0) is 96.3 Å². The zero-order valence-electron chi connectivity index (χ0n) is 60.8. The van der Waals surface area contributed by atoms with Crippen LogP contribution >= 0.6 is 0 Å². The van der Waals surface area contributed by atoms with Crippen LogP contribution in [0.25, 0.3) is 0 Å². The lowest BCUT2D eigenvalue weighted by Crippen LogP contribution is -2.44. The van der Waals surface area contributed by atoms with E-state index in [-0.39, 0.29) is 38.6 Å². The molecule has 9 nitrogen and oxygen atoms in total. The Morgan fingerprint density at radius 2 is 0.613 bits per heavy atom. The average molecular weight is 1300 g/mol. The maximum absolute atomic E-state index is 13.0. The fraction of sp³-hybridized carbons (Fsp3) is 0.702. The Hall–Kier alpha value is -4.57. The summed E-state index contributed by atoms with van der Waals surface area (Å²) >= 11 is 0. The Morgan fingerprint density at radius 3 is 0.914 bits per heavy atom. The number of carbonyl (C=O) groups is 3. The van der Waals surface area contributed by atoms with E-state index < -0.39 is 24.3 Å². The molecule has 0 aliphatic rings. The van der Waals surface area contributed by atoms with Gasteiger partial charge in [0.1, 0.15) is 13.2 Å². The van der Waals surface area contributed by atoms with Crippen molar-refractivity contribution in [3.63, 3.8) is 0 Å². The van der Waals surface area contributed by atoms with E-state index in [0.717, 1.165) is 116 Å². The second-order valence-electron chi connectivity index (χ2n) is 26.6. The standard InChI is InChI=1S/C84H143NO8/c1-6-8-10-12-14-16-18-20-22-24-26-28-30-32-34-35-36-37-38-39-40-41-42-43-44-45-46-47-49-51-53-55-57-59-61-63-65-67-69-71-73-75-82(87)93-80(79-92-84(83(88)89)90-77-76-85(3,4)5)78-91-81(86)74-72-70-68-66-64-62-60-58-56-54-52-50-48-33-31-29-27-25-23-21-19-17-15-13-11-9-7-2/h8,10,14,16,20,22,26,28,32,34,36-37,39-40,42-43,45-46,49,51,55,57,80,84H,6-7,9,11-13,15,17-19,21,23-25,27,29-31,33,35,38,41,44,47-48,50,52-54,56,58-79H2,1-5H3/b10-8-,16-14-,22-20-,28-26-,34-32-,37-36-,40-39-,43-42-,46-45-,51-49-,57-55-. The van der Waals surface area contributed by atoms with Gasteiger partial charge in [0.15, 0.2) is 12.4 Å². The van der Waals surface area contributed by atoms with Gasteiger partial charge in [-0.2, -0.15) is 0 Å². The van der Waals surface area contributed by atoms with Gasteiger partial charge in [0.05, 0.1) is 40.3 Å². The van der Waals surface area contributed by atoms with Crippen molar-refractivity contribution in [1.29, 1.82) is 0 Å². The van der Waals surface area contributed by atoms with E-state index >= 15 is 0 Å². The van der Waals surface area contributed by atoms with E-state index in [0.29, 0.717) is 17.4 Å². The molecule has 0 radical (unpaired) electrons. The molecule has 0 spiro atoms. The summed E-state index contributed by atoms with van der Waals surface area (Å²) in [4.78, 5) is 37.6. The van der Waals surface area contributed by atoms with E-state index in [2.05, 4.69) is 148 Å². The Labute approximate surface area is 573 Å². The third kappa shape index (κ3) is 74.7. The van der Waals surface area contributed by atoms with Crippen LogP contribution in [-0.4, -0.2) is 82.3 Å². The summed E-state index contributed by atoms with van der Waals surface area (Å²) in [6, 6.07) is 0. The topological polar surface area (TPSA) is 111 Å². The highest BCUT2D eigenvalue weighted by atomic mass is 16.7. The molecule has 0 saturated carbocycles.